The third-order valence-corrected chi connectivity index (χ3v) is 5.79. The third-order valence-electron chi connectivity index (χ3n) is 4.37. The molecule has 4 nitrogen and oxygen atoms in total. The highest BCUT2D eigenvalue weighted by Gasteiger charge is 2.32. The molecule has 0 heterocycles. The largest absolute Gasteiger partial charge is 0.540 e. The lowest BCUT2D eigenvalue weighted by molar-refractivity contribution is -0.870. The van der Waals surface area contributed by atoms with Gasteiger partial charge in [-0.05, 0) is 11.0 Å². The Balaban J connectivity index is 3.55. The van der Waals surface area contributed by atoms with E-state index in [1.807, 2.05) is 6.92 Å². The van der Waals surface area contributed by atoms with Crippen LogP contribution in [-0.4, -0.2) is 51.2 Å². The van der Waals surface area contributed by atoms with Gasteiger partial charge in [0, 0.05) is 6.42 Å². The summed E-state index contributed by atoms with van der Waals surface area (Å²) in [5, 5.41) is 0. The Hall–Kier alpha value is -0.0200. The first-order valence-corrected chi connectivity index (χ1v) is 11.7. The van der Waals surface area contributed by atoms with Crippen molar-refractivity contribution in [2.24, 2.45) is 0 Å². The molecule has 2 unspecified atom stereocenters. The number of quaternary nitrogens is 1. The highest BCUT2D eigenvalue weighted by atomic mass is 31.1. The van der Waals surface area contributed by atoms with Crippen LogP contribution in [0.3, 0.4) is 0 Å². The van der Waals surface area contributed by atoms with Crippen molar-refractivity contribution in [3.8, 4) is 0 Å². The molecule has 0 radical (unpaired) electrons. The van der Waals surface area contributed by atoms with Crippen LogP contribution in [0.25, 0.3) is 0 Å². The SMILES string of the molecule is CCCCCCCCCCCCOC(CC)[P+](=O)OCC[N+](C)(C)C. The highest BCUT2D eigenvalue weighted by molar-refractivity contribution is 7.39. The van der Waals surface area contributed by atoms with Crippen molar-refractivity contribution >= 4 is 8.03 Å². The topological polar surface area (TPSA) is 35.5 Å². The Bertz CT molecular complexity index is 319. The van der Waals surface area contributed by atoms with Gasteiger partial charge in [0.2, 0.25) is 0 Å². The molecular weight excluding hydrogens is 333 g/mol. The molecule has 2 atom stereocenters. The van der Waals surface area contributed by atoms with E-state index >= 15 is 0 Å². The zero-order valence-corrected chi connectivity index (χ0v) is 18.5. The van der Waals surface area contributed by atoms with E-state index in [0.717, 1.165) is 23.9 Å². The predicted octanol–water partition coefficient (Wildman–Crippen LogP) is 6.13. The molecular formula is C20H44NO3P+2. The summed E-state index contributed by atoms with van der Waals surface area (Å²) in [4.78, 5) is 0. The van der Waals surface area contributed by atoms with Gasteiger partial charge < -0.3 is 9.22 Å². The maximum absolute atomic E-state index is 12.2. The fourth-order valence-corrected chi connectivity index (χ4v) is 3.58. The van der Waals surface area contributed by atoms with Crippen molar-refractivity contribution in [2.75, 3.05) is 40.9 Å². The molecule has 0 saturated carbocycles. The van der Waals surface area contributed by atoms with Crippen molar-refractivity contribution in [1.29, 1.82) is 0 Å². The third kappa shape index (κ3) is 17.2. The maximum Gasteiger partial charge on any atom is 0.540 e. The Morgan fingerprint density at radius 2 is 1.32 bits per heavy atom. The van der Waals surface area contributed by atoms with E-state index in [4.69, 9.17) is 9.26 Å². The molecule has 25 heavy (non-hydrogen) atoms. The second-order valence-corrected chi connectivity index (χ2v) is 9.45. The van der Waals surface area contributed by atoms with E-state index in [9.17, 15) is 4.57 Å². The van der Waals surface area contributed by atoms with Crippen molar-refractivity contribution in [3.63, 3.8) is 0 Å². The summed E-state index contributed by atoms with van der Waals surface area (Å²) in [7, 11) is 4.60. The Morgan fingerprint density at radius 3 is 1.80 bits per heavy atom. The average Bonchev–Trinajstić information content (AvgIpc) is 2.54. The van der Waals surface area contributed by atoms with Gasteiger partial charge in [-0.3, -0.25) is 0 Å². The van der Waals surface area contributed by atoms with Crippen LogP contribution in [0.1, 0.15) is 84.5 Å². The van der Waals surface area contributed by atoms with Crippen molar-refractivity contribution in [1.82, 2.24) is 0 Å². The number of hydrogen-bond acceptors (Lipinski definition) is 3. The summed E-state index contributed by atoms with van der Waals surface area (Å²) in [6, 6.07) is 0. The molecule has 0 N–H and O–H groups in total. The molecule has 0 rings (SSSR count). The van der Waals surface area contributed by atoms with Crippen molar-refractivity contribution in [2.45, 2.75) is 90.3 Å². The summed E-state index contributed by atoms with van der Waals surface area (Å²) >= 11 is 0. The minimum atomic E-state index is -1.72. The summed E-state index contributed by atoms with van der Waals surface area (Å²) in [6.45, 7) is 6.36. The van der Waals surface area contributed by atoms with Crippen LogP contribution in [0, 0.1) is 0 Å². The van der Waals surface area contributed by atoms with E-state index in [2.05, 4.69) is 28.1 Å². The van der Waals surface area contributed by atoms with Crippen LogP contribution in [0.15, 0.2) is 0 Å². The Morgan fingerprint density at radius 1 is 0.800 bits per heavy atom. The Labute approximate surface area is 158 Å². The number of hydrogen-bond donors (Lipinski definition) is 0. The summed E-state index contributed by atoms with van der Waals surface area (Å²) in [5.74, 6) is -0.249. The van der Waals surface area contributed by atoms with Gasteiger partial charge in [-0.25, -0.2) is 0 Å². The zero-order valence-electron chi connectivity index (χ0n) is 17.6. The molecule has 0 bridgehead atoms. The van der Waals surface area contributed by atoms with Gasteiger partial charge in [-0.15, -0.1) is 4.52 Å². The van der Waals surface area contributed by atoms with Gasteiger partial charge in [-0.1, -0.05) is 71.6 Å². The van der Waals surface area contributed by atoms with Crippen LogP contribution in [0.2, 0.25) is 0 Å². The fourth-order valence-electron chi connectivity index (χ4n) is 2.62. The first-order chi connectivity index (χ1) is 11.9. The molecule has 0 spiro atoms. The van der Waals surface area contributed by atoms with E-state index in [-0.39, 0.29) is 5.85 Å². The lowest BCUT2D eigenvalue weighted by atomic mass is 10.1. The minimum Gasteiger partial charge on any atom is -0.333 e. The molecule has 0 fully saturated rings. The van der Waals surface area contributed by atoms with E-state index < -0.39 is 8.03 Å². The molecule has 0 aliphatic heterocycles. The number of rotatable bonds is 18. The van der Waals surface area contributed by atoms with Gasteiger partial charge in [-0.2, -0.15) is 0 Å². The summed E-state index contributed by atoms with van der Waals surface area (Å²) in [5.41, 5.74) is 0. The molecule has 0 aromatic rings. The zero-order chi connectivity index (χ0) is 19.0. The molecule has 150 valence electrons. The normalized spacial score (nSPS) is 13.9. The molecule has 0 amide bonds. The number of ether oxygens (including phenoxy) is 1. The second kappa shape index (κ2) is 16.2. The van der Waals surface area contributed by atoms with E-state index in [1.165, 1.54) is 57.8 Å². The second-order valence-electron chi connectivity index (χ2n) is 8.05. The molecule has 0 aromatic heterocycles. The lowest BCUT2D eigenvalue weighted by Crippen LogP contribution is -2.37. The van der Waals surface area contributed by atoms with E-state index in [0.29, 0.717) is 13.2 Å². The highest BCUT2D eigenvalue weighted by Crippen LogP contribution is 2.32. The lowest BCUT2D eigenvalue weighted by Gasteiger charge is -2.22. The van der Waals surface area contributed by atoms with Crippen molar-refractivity contribution in [3.05, 3.63) is 0 Å². The molecule has 0 saturated heterocycles. The van der Waals surface area contributed by atoms with Gasteiger partial charge in [0.15, 0.2) is 6.61 Å². The van der Waals surface area contributed by atoms with Gasteiger partial charge in [0.05, 0.1) is 27.7 Å². The number of nitrogens with zero attached hydrogens (tertiary/aromatic N) is 1. The van der Waals surface area contributed by atoms with Gasteiger partial charge in [0.25, 0.3) is 5.85 Å². The predicted molar refractivity (Wildman–Crippen MR) is 108 cm³/mol. The first-order valence-electron chi connectivity index (χ1n) is 10.4. The van der Waals surface area contributed by atoms with Gasteiger partial charge in [0.1, 0.15) is 6.54 Å². The smallest absolute Gasteiger partial charge is 0.333 e. The summed E-state index contributed by atoms with van der Waals surface area (Å²) in [6.07, 6.45) is 13.9. The maximum atomic E-state index is 12.2. The molecule has 0 aromatic carbocycles. The fraction of sp³-hybridized carbons (Fsp3) is 1.00. The summed E-state index contributed by atoms with van der Waals surface area (Å²) < 4.78 is 24.3. The van der Waals surface area contributed by atoms with E-state index in [1.54, 1.807) is 0 Å². The molecule has 0 aliphatic carbocycles. The van der Waals surface area contributed by atoms with Crippen LogP contribution in [0.5, 0.6) is 0 Å². The van der Waals surface area contributed by atoms with Crippen LogP contribution in [-0.2, 0) is 13.8 Å². The minimum absolute atomic E-state index is 0.249. The Kier molecular flexibility index (Phi) is 16.2. The van der Waals surface area contributed by atoms with Crippen LogP contribution >= 0.6 is 8.03 Å². The molecule has 5 heteroatoms. The number of unbranched alkanes of at least 4 members (excludes halogenated alkanes) is 9. The number of likely N-dealkylation sites (N-methyl/N-ethyl adjacent to an activating group) is 1. The first kappa shape index (κ1) is 25.0. The molecule has 0 aliphatic rings. The van der Waals surface area contributed by atoms with Crippen LogP contribution < -0.4 is 0 Å². The van der Waals surface area contributed by atoms with Gasteiger partial charge >= 0.3 is 8.03 Å². The standard InChI is InChI=1S/C20H44NO3P/c1-6-8-9-10-11-12-13-14-15-16-18-23-20(7-2)25(22)24-19-17-21(3,4)5/h20H,6-19H2,1-5H3/q+2. The average molecular weight is 378 g/mol. The quantitative estimate of drug-likeness (QED) is 0.164. The van der Waals surface area contributed by atoms with Crippen LogP contribution in [0.4, 0.5) is 0 Å². The van der Waals surface area contributed by atoms with Crippen molar-refractivity contribution < 1.29 is 18.3 Å². The monoisotopic (exact) mass is 377 g/mol.